The Balaban J connectivity index is 1.12. The Hall–Kier alpha value is -5.13. The summed E-state index contributed by atoms with van der Waals surface area (Å²) in [6.07, 6.45) is 6.59. The number of hydrogen-bond donors (Lipinski definition) is 1. The second-order valence-corrected chi connectivity index (χ2v) is 10.4. The number of hydrogen-bond acceptors (Lipinski definition) is 10. The first-order valence-electron chi connectivity index (χ1n) is 13.5. The van der Waals surface area contributed by atoms with Gasteiger partial charge in [0.25, 0.3) is 0 Å². The number of carbonyl (C=O) groups is 1. The number of benzene rings is 2. The fourth-order valence-corrected chi connectivity index (χ4v) is 5.72. The Morgan fingerprint density at radius 1 is 1.07 bits per heavy atom. The van der Waals surface area contributed by atoms with Gasteiger partial charge >= 0.3 is 0 Å². The molecule has 2 aromatic carbocycles. The molecule has 6 heterocycles. The van der Waals surface area contributed by atoms with E-state index in [1.807, 2.05) is 55.3 Å². The highest BCUT2D eigenvalue weighted by Gasteiger charge is 2.41. The summed E-state index contributed by atoms with van der Waals surface area (Å²) in [6.45, 7) is 6.98. The van der Waals surface area contributed by atoms with Crippen molar-refractivity contribution in [2.75, 3.05) is 23.3 Å². The molecule has 8 rings (SSSR count). The Morgan fingerprint density at radius 2 is 1.95 bits per heavy atom. The lowest BCUT2D eigenvalue weighted by Crippen LogP contribution is -2.64. The second kappa shape index (κ2) is 9.81. The van der Waals surface area contributed by atoms with E-state index in [4.69, 9.17) is 9.72 Å². The largest absolute Gasteiger partial charge is 0.457 e. The summed E-state index contributed by atoms with van der Waals surface area (Å²) in [7, 11) is 1.86. The molecular weight excluding hydrogens is 520 g/mol. The fraction of sp³-hybridized carbons (Fsp3) is 0.276. The molecule has 2 bridgehead atoms. The van der Waals surface area contributed by atoms with Gasteiger partial charge in [-0.1, -0.05) is 11.8 Å². The summed E-state index contributed by atoms with van der Waals surface area (Å²) in [5.41, 5.74) is 4.79. The number of anilines is 3. The van der Waals surface area contributed by atoms with Gasteiger partial charge in [-0.15, -0.1) is 5.10 Å². The first-order valence-corrected chi connectivity index (χ1v) is 13.5. The van der Waals surface area contributed by atoms with E-state index in [1.165, 1.54) is 12.4 Å². The monoisotopic (exact) mass is 548 g/mol. The fourth-order valence-electron chi connectivity index (χ4n) is 5.72. The highest BCUT2D eigenvalue weighted by molar-refractivity contribution is 5.88. The molecule has 0 radical (unpaired) electrons. The molecular formula is C29H28N10O2. The van der Waals surface area contributed by atoms with Crippen molar-refractivity contribution < 1.29 is 9.53 Å². The summed E-state index contributed by atoms with van der Waals surface area (Å²) in [6, 6.07) is 11.9. The van der Waals surface area contributed by atoms with Crippen molar-refractivity contribution in [1.82, 2.24) is 39.8 Å². The summed E-state index contributed by atoms with van der Waals surface area (Å²) < 4.78 is 7.88. The predicted octanol–water partition coefficient (Wildman–Crippen LogP) is 3.91. The molecule has 41 heavy (non-hydrogen) atoms. The third kappa shape index (κ3) is 4.46. The lowest BCUT2D eigenvalue weighted by Gasteiger charge is -2.51. The average molecular weight is 549 g/mol. The number of amides is 1. The van der Waals surface area contributed by atoms with Crippen LogP contribution in [0.5, 0.6) is 11.5 Å². The minimum absolute atomic E-state index is 0.0167. The van der Waals surface area contributed by atoms with Crippen LogP contribution < -0.4 is 15.0 Å². The van der Waals surface area contributed by atoms with E-state index < -0.39 is 0 Å². The van der Waals surface area contributed by atoms with Crippen LogP contribution in [0.3, 0.4) is 0 Å². The lowest BCUT2D eigenvalue weighted by molar-refractivity contribution is -0.131. The smallest absolute Gasteiger partial charge is 0.246 e. The second-order valence-electron chi connectivity index (χ2n) is 10.4. The van der Waals surface area contributed by atoms with Crippen LogP contribution >= 0.6 is 0 Å². The van der Waals surface area contributed by atoms with E-state index >= 15 is 0 Å². The molecule has 3 fully saturated rings. The quantitative estimate of drug-likeness (QED) is 0.312. The molecule has 5 aromatic rings. The standard InChI is InChI=1S/C29H28N10O2/c1-4-26(40)38-14-20-7-6-19(38)15-39(20)29-30-13-23-27(34-29)28(32-16-31-23)33-18-5-10-25(17(2)11-18)41-21-8-9-24-22(12-21)35-36-37(24)3/h4-5,8-13,16,19-20H,1,6-7,14-15H2,2-3H3,(H,31,32,33). The Bertz CT molecular complexity index is 1820. The predicted molar refractivity (Wildman–Crippen MR) is 154 cm³/mol. The number of ether oxygens (including phenoxy) is 1. The van der Waals surface area contributed by atoms with Gasteiger partial charge in [0.1, 0.15) is 34.4 Å². The number of piperidine rings is 2. The number of aryl methyl sites for hydroxylation is 2. The zero-order valence-electron chi connectivity index (χ0n) is 22.7. The van der Waals surface area contributed by atoms with Crippen LogP contribution in [0.4, 0.5) is 17.5 Å². The van der Waals surface area contributed by atoms with Crippen molar-refractivity contribution in [2.24, 2.45) is 7.05 Å². The maximum absolute atomic E-state index is 12.3. The van der Waals surface area contributed by atoms with Crippen molar-refractivity contribution in [3.05, 3.63) is 67.1 Å². The van der Waals surface area contributed by atoms with Crippen molar-refractivity contribution >= 4 is 45.4 Å². The Labute approximate surface area is 235 Å². The molecule has 0 aliphatic carbocycles. The van der Waals surface area contributed by atoms with Crippen LogP contribution in [0.1, 0.15) is 18.4 Å². The SMILES string of the molecule is C=CC(=O)N1CC2CCC1CN2c1ncc2ncnc(Nc3ccc(Oc4ccc5c(c4)nnn5C)c(C)c3)c2n1. The Morgan fingerprint density at radius 3 is 2.76 bits per heavy atom. The molecule has 2 unspecified atom stereocenters. The zero-order valence-corrected chi connectivity index (χ0v) is 22.7. The van der Waals surface area contributed by atoms with Gasteiger partial charge in [-0.3, -0.25) is 4.79 Å². The number of nitrogens with zero attached hydrogens (tertiary/aromatic N) is 9. The number of aromatic nitrogens is 7. The van der Waals surface area contributed by atoms with E-state index in [1.54, 1.807) is 10.9 Å². The average Bonchev–Trinajstić information content (AvgIpc) is 3.37. The van der Waals surface area contributed by atoms with Crippen LogP contribution in [0.2, 0.25) is 0 Å². The zero-order chi connectivity index (χ0) is 28.1. The minimum atomic E-state index is -0.0167. The van der Waals surface area contributed by atoms with Gasteiger partial charge in [0.15, 0.2) is 5.82 Å². The van der Waals surface area contributed by atoms with Crippen LogP contribution in [-0.2, 0) is 11.8 Å². The van der Waals surface area contributed by atoms with Crippen molar-refractivity contribution in [2.45, 2.75) is 31.8 Å². The number of fused-ring (bicyclic) bond motifs is 5. The summed E-state index contributed by atoms with van der Waals surface area (Å²) in [5, 5.41) is 11.6. The van der Waals surface area contributed by atoms with Gasteiger partial charge in [-0.2, -0.15) is 0 Å². The number of carbonyl (C=O) groups excluding carboxylic acids is 1. The summed E-state index contributed by atoms with van der Waals surface area (Å²) in [5.74, 6) is 2.62. The molecule has 3 aliphatic rings. The molecule has 0 saturated carbocycles. The highest BCUT2D eigenvalue weighted by atomic mass is 16.5. The molecule has 0 spiro atoms. The van der Waals surface area contributed by atoms with Crippen LogP contribution in [0, 0.1) is 6.92 Å². The normalized spacial score (nSPS) is 18.2. The van der Waals surface area contributed by atoms with Crippen LogP contribution in [-0.4, -0.2) is 70.9 Å². The molecule has 1 amide bonds. The molecule has 3 saturated heterocycles. The molecule has 1 N–H and O–H groups in total. The van der Waals surface area contributed by atoms with Crippen LogP contribution in [0.25, 0.3) is 22.1 Å². The van der Waals surface area contributed by atoms with Gasteiger partial charge in [0.2, 0.25) is 11.9 Å². The maximum Gasteiger partial charge on any atom is 0.246 e. The minimum Gasteiger partial charge on any atom is -0.457 e. The molecule has 2 atom stereocenters. The first kappa shape index (κ1) is 24.9. The third-order valence-electron chi connectivity index (χ3n) is 7.86. The number of nitrogens with one attached hydrogen (secondary N) is 1. The van der Waals surface area contributed by atoms with Gasteiger partial charge in [-0.25, -0.2) is 24.6 Å². The number of rotatable bonds is 6. The summed E-state index contributed by atoms with van der Waals surface area (Å²) >= 11 is 0. The first-order chi connectivity index (χ1) is 20.0. The van der Waals surface area contributed by atoms with Crippen molar-refractivity contribution in [1.29, 1.82) is 0 Å². The van der Waals surface area contributed by atoms with E-state index in [0.717, 1.165) is 40.9 Å². The third-order valence-corrected chi connectivity index (χ3v) is 7.86. The van der Waals surface area contributed by atoms with Crippen molar-refractivity contribution in [3.8, 4) is 11.5 Å². The van der Waals surface area contributed by atoms with E-state index in [9.17, 15) is 4.79 Å². The van der Waals surface area contributed by atoms with Gasteiger partial charge in [-0.05, 0) is 61.7 Å². The van der Waals surface area contributed by atoms with Crippen molar-refractivity contribution in [3.63, 3.8) is 0 Å². The molecule has 12 heteroatoms. The molecule has 3 aliphatic heterocycles. The summed E-state index contributed by atoms with van der Waals surface area (Å²) in [4.78, 5) is 34.8. The van der Waals surface area contributed by atoms with Crippen LogP contribution in [0.15, 0.2) is 61.6 Å². The van der Waals surface area contributed by atoms with E-state index in [2.05, 4.69) is 42.1 Å². The van der Waals surface area contributed by atoms with Gasteiger partial charge in [0, 0.05) is 44.0 Å². The van der Waals surface area contributed by atoms with Gasteiger partial charge in [0.05, 0.1) is 11.7 Å². The maximum atomic E-state index is 12.3. The number of piperazine rings is 1. The van der Waals surface area contributed by atoms with Gasteiger partial charge < -0.3 is 19.9 Å². The molecule has 3 aromatic heterocycles. The van der Waals surface area contributed by atoms with E-state index in [0.29, 0.717) is 41.6 Å². The topological polar surface area (TPSA) is 127 Å². The molecule has 206 valence electrons. The molecule has 12 nitrogen and oxygen atoms in total. The van der Waals surface area contributed by atoms with E-state index in [-0.39, 0.29) is 18.0 Å². The highest BCUT2D eigenvalue weighted by Crippen LogP contribution is 2.33. The lowest BCUT2D eigenvalue weighted by atomic mass is 9.91. The Kier molecular flexibility index (Phi) is 5.95.